The maximum atomic E-state index is 13.8. The minimum Gasteiger partial charge on any atom is -0.489 e. The average molecular weight is 569 g/mol. The molecule has 0 unspecified atom stereocenters. The first kappa shape index (κ1) is 26.6. The molecule has 0 radical (unpaired) electrons. The SMILES string of the molecule is CCOC(=O)C1=C(C)N=c2s/c(=C/c3ccc(OCc4ccc5c(c4)OCO5)cc3)c(=O)n2[C@@H]1c1ccc(C)cc1. The molecule has 0 saturated heterocycles. The molecule has 0 amide bonds. The van der Waals surface area contributed by atoms with Gasteiger partial charge >= 0.3 is 5.97 Å². The van der Waals surface area contributed by atoms with E-state index in [1.54, 1.807) is 18.4 Å². The lowest BCUT2D eigenvalue weighted by Gasteiger charge is -2.24. The molecule has 41 heavy (non-hydrogen) atoms. The van der Waals surface area contributed by atoms with Gasteiger partial charge in [0.1, 0.15) is 12.4 Å². The van der Waals surface area contributed by atoms with Crippen LogP contribution in [0.1, 0.15) is 42.1 Å². The van der Waals surface area contributed by atoms with Crippen LogP contribution in [0, 0.1) is 6.92 Å². The molecule has 4 aromatic rings. The molecule has 3 aromatic carbocycles. The fourth-order valence-corrected chi connectivity index (χ4v) is 5.91. The number of carbonyl (C=O) groups is 1. The fraction of sp³-hybridized carbons (Fsp3) is 0.219. The van der Waals surface area contributed by atoms with Crippen molar-refractivity contribution in [2.24, 2.45) is 4.99 Å². The average Bonchev–Trinajstić information content (AvgIpc) is 3.56. The molecule has 0 spiro atoms. The third-order valence-electron chi connectivity index (χ3n) is 6.93. The number of hydrogen-bond acceptors (Lipinski definition) is 8. The maximum absolute atomic E-state index is 13.8. The van der Waals surface area contributed by atoms with Crippen molar-refractivity contribution < 1.29 is 23.7 Å². The van der Waals surface area contributed by atoms with Gasteiger partial charge in [-0.1, -0.05) is 59.4 Å². The van der Waals surface area contributed by atoms with Gasteiger partial charge in [-0.25, -0.2) is 9.79 Å². The Morgan fingerprint density at radius 2 is 1.80 bits per heavy atom. The zero-order chi connectivity index (χ0) is 28.5. The summed E-state index contributed by atoms with van der Waals surface area (Å²) < 4.78 is 24.2. The first-order valence-corrected chi connectivity index (χ1v) is 14.1. The van der Waals surface area contributed by atoms with Gasteiger partial charge < -0.3 is 18.9 Å². The van der Waals surface area contributed by atoms with Gasteiger partial charge in [-0.05, 0) is 67.8 Å². The lowest BCUT2D eigenvalue weighted by molar-refractivity contribution is -0.139. The molecule has 0 aliphatic carbocycles. The molecule has 8 nitrogen and oxygen atoms in total. The van der Waals surface area contributed by atoms with Gasteiger partial charge in [0.05, 0.1) is 28.5 Å². The predicted octanol–water partition coefficient (Wildman–Crippen LogP) is 4.41. The summed E-state index contributed by atoms with van der Waals surface area (Å²) in [7, 11) is 0. The van der Waals surface area contributed by atoms with Gasteiger partial charge in [-0.15, -0.1) is 0 Å². The Hall–Kier alpha value is -4.63. The molecule has 6 rings (SSSR count). The fourth-order valence-electron chi connectivity index (χ4n) is 4.86. The van der Waals surface area contributed by atoms with Crippen molar-refractivity contribution in [3.8, 4) is 17.2 Å². The van der Waals surface area contributed by atoms with E-state index in [4.69, 9.17) is 18.9 Å². The molecule has 2 aliphatic heterocycles. The topological polar surface area (TPSA) is 88.4 Å². The molecule has 0 bridgehead atoms. The summed E-state index contributed by atoms with van der Waals surface area (Å²) >= 11 is 1.30. The van der Waals surface area contributed by atoms with E-state index in [-0.39, 0.29) is 19.0 Å². The van der Waals surface area contributed by atoms with Crippen molar-refractivity contribution in [3.63, 3.8) is 0 Å². The number of carbonyl (C=O) groups excluding carboxylic acids is 1. The van der Waals surface area contributed by atoms with Crippen molar-refractivity contribution in [1.82, 2.24) is 4.57 Å². The molecule has 208 valence electrons. The standard InChI is InChI=1S/C32H28N2O6S/c1-4-37-31(36)28-20(3)33-32-34(29(28)23-10-5-19(2)6-11-23)30(35)27(41-32)16-21-7-12-24(13-8-21)38-17-22-9-14-25-26(15-22)40-18-39-25/h5-16,29H,4,17-18H2,1-3H3/b27-16+/t29-/m1/s1. The molecule has 0 saturated carbocycles. The first-order valence-electron chi connectivity index (χ1n) is 13.3. The van der Waals surface area contributed by atoms with E-state index >= 15 is 0 Å². The smallest absolute Gasteiger partial charge is 0.338 e. The lowest BCUT2D eigenvalue weighted by Crippen LogP contribution is -2.39. The normalized spacial score (nSPS) is 15.9. The van der Waals surface area contributed by atoms with E-state index in [9.17, 15) is 9.59 Å². The van der Waals surface area contributed by atoms with Crippen molar-refractivity contribution >= 4 is 23.4 Å². The Labute approximate surface area is 240 Å². The van der Waals surface area contributed by atoms with Crippen LogP contribution in [0.15, 0.2) is 87.8 Å². The second-order valence-electron chi connectivity index (χ2n) is 9.76. The van der Waals surface area contributed by atoms with E-state index in [2.05, 4.69) is 4.99 Å². The Balaban J connectivity index is 1.29. The summed E-state index contributed by atoms with van der Waals surface area (Å²) in [5.74, 6) is 1.69. The Morgan fingerprint density at radius 3 is 2.56 bits per heavy atom. The van der Waals surface area contributed by atoms with Gasteiger partial charge in [-0.3, -0.25) is 9.36 Å². The van der Waals surface area contributed by atoms with E-state index in [0.29, 0.717) is 33.0 Å². The van der Waals surface area contributed by atoms with Crippen molar-refractivity contribution in [2.75, 3.05) is 13.4 Å². The van der Waals surface area contributed by atoms with Crippen LogP contribution in [-0.4, -0.2) is 23.9 Å². The molecule has 2 aliphatic rings. The highest BCUT2D eigenvalue weighted by atomic mass is 32.1. The largest absolute Gasteiger partial charge is 0.489 e. The number of esters is 1. The van der Waals surface area contributed by atoms with Crippen LogP contribution in [0.4, 0.5) is 0 Å². The van der Waals surface area contributed by atoms with Gasteiger partial charge in [-0.2, -0.15) is 0 Å². The summed E-state index contributed by atoms with van der Waals surface area (Å²) in [6.07, 6.45) is 1.83. The maximum Gasteiger partial charge on any atom is 0.338 e. The number of ether oxygens (including phenoxy) is 4. The van der Waals surface area contributed by atoms with Crippen LogP contribution in [0.3, 0.4) is 0 Å². The number of nitrogens with zero attached hydrogens (tertiary/aromatic N) is 2. The number of benzene rings is 3. The molecular weight excluding hydrogens is 540 g/mol. The van der Waals surface area contributed by atoms with Crippen LogP contribution in [-0.2, 0) is 16.1 Å². The Bertz CT molecular complexity index is 1830. The molecule has 3 heterocycles. The van der Waals surface area contributed by atoms with Crippen molar-refractivity contribution in [2.45, 2.75) is 33.4 Å². The van der Waals surface area contributed by atoms with Crippen molar-refractivity contribution in [1.29, 1.82) is 0 Å². The van der Waals surface area contributed by atoms with Crippen LogP contribution in [0.2, 0.25) is 0 Å². The summed E-state index contributed by atoms with van der Waals surface area (Å²) in [5, 5.41) is 0. The summed E-state index contributed by atoms with van der Waals surface area (Å²) in [4.78, 5) is 32.0. The molecule has 1 atom stereocenters. The number of rotatable bonds is 7. The summed E-state index contributed by atoms with van der Waals surface area (Å²) in [6.45, 7) is 6.39. The lowest BCUT2D eigenvalue weighted by atomic mass is 9.95. The zero-order valence-corrected chi connectivity index (χ0v) is 23.7. The van der Waals surface area contributed by atoms with E-state index in [1.165, 1.54) is 11.3 Å². The Kier molecular flexibility index (Phi) is 7.19. The molecule has 0 N–H and O–H groups in total. The van der Waals surface area contributed by atoms with Crippen LogP contribution >= 0.6 is 11.3 Å². The molecule has 1 aromatic heterocycles. The number of allylic oxidation sites excluding steroid dienone is 1. The van der Waals surface area contributed by atoms with Crippen LogP contribution < -0.4 is 29.1 Å². The van der Waals surface area contributed by atoms with Crippen molar-refractivity contribution in [3.05, 3.63) is 120 Å². The number of aryl methyl sites for hydroxylation is 1. The van der Waals surface area contributed by atoms with Crippen LogP contribution in [0.25, 0.3) is 6.08 Å². The highest BCUT2D eigenvalue weighted by Gasteiger charge is 2.33. The van der Waals surface area contributed by atoms with E-state index in [0.717, 1.165) is 33.8 Å². The second kappa shape index (κ2) is 11.1. The van der Waals surface area contributed by atoms with Gasteiger partial charge in [0.15, 0.2) is 16.3 Å². The highest BCUT2D eigenvalue weighted by molar-refractivity contribution is 7.07. The summed E-state index contributed by atoms with van der Waals surface area (Å²) in [5.41, 5.74) is 4.44. The third-order valence-corrected chi connectivity index (χ3v) is 7.91. The minimum atomic E-state index is -0.625. The number of fused-ring (bicyclic) bond motifs is 2. The number of hydrogen-bond donors (Lipinski definition) is 0. The van der Waals surface area contributed by atoms with E-state index < -0.39 is 12.0 Å². The third kappa shape index (κ3) is 5.28. The van der Waals surface area contributed by atoms with E-state index in [1.807, 2.05) is 79.7 Å². The predicted molar refractivity (Wildman–Crippen MR) is 155 cm³/mol. The number of thiazole rings is 1. The minimum absolute atomic E-state index is 0.211. The summed E-state index contributed by atoms with van der Waals surface area (Å²) in [6, 6.07) is 20.5. The van der Waals surface area contributed by atoms with Gasteiger partial charge in [0.2, 0.25) is 6.79 Å². The van der Waals surface area contributed by atoms with Gasteiger partial charge in [0.25, 0.3) is 5.56 Å². The molecule has 0 fully saturated rings. The Morgan fingerprint density at radius 1 is 1.05 bits per heavy atom. The molecular formula is C32H28N2O6S. The van der Waals surface area contributed by atoms with Gasteiger partial charge in [0, 0.05) is 0 Å². The highest BCUT2D eigenvalue weighted by Crippen LogP contribution is 2.33. The van der Waals surface area contributed by atoms with Crippen LogP contribution in [0.5, 0.6) is 17.2 Å². The number of aromatic nitrogens is 1. The monoisotopic (exact) mass is 568 g/mol. The zero-order valence-electron chi connectivity index (χ0n) is 22.9. The quantitative estimate of drug-likeness (QED) is 0.307. The first-order chi connectivity index (χ1) is 19.9. The molecule has 9 heteroatoms. The second-order valence-corrected chi connectivity index (χ2v) is 10.8.